The average molecular weight is 344 g/mol. The van der Waals surface area contributed by atoms with Gasteiger partial charge in [-0.15, -0.1) is 0 Å². The molecule has 0 atom stereocenters. The number of hydrogen-bond acceptors (Lipinski definition) is 5. The van der Waals surface area contributed by atoms with Crippen LogP contribution in [0.25, 0.3) is 0 Å². The standard InChI is InChI=1S/C16H28N2O4S/c1-15(2,17-10-12-19)16(3,4)18(11-13-20)23(21,22)14-8-6-5-7-9-14/h5-9,17,19-20H,10-13H2,1-4H3. The lowest BCUT2D eigenvalue weighted by Gasteiger charge is -2.48. The minimum absolute atomic E-state index is 0.00549. The smallest absolute Gasteiger partial charge is 0.243 e. The zero-order valence-corrected chi connectivity index (χ0v) is 15.1. The number of sulfonamides is 1. The topological polar surface area (TPSA) is 89.9 Å². The molecule has 7 heteroatoms. The molecular weight excluding hydrogens is 316 g/mol. The maximum absolute atomic E-state index is 13.0. The summed E-state index contributed by atoms with van der Waals surface area (Å²) in [5.41, 5.74) is -1.45. The van der Waals surface area contributed by atoms with Crippen molar-refractivity contribution in [3.05, 3.63) is 30.3 Å². The third kappa shape index (κ3) is 4.30. The van der Waals surface area contributed by atoms with Crippen molar-refractivity contribution in [3.8, 4) is 0 Å². The summed E-state index contributed by atoms with van der Waals surface area (Å²) in [4.78, 5) is 0.194. The molecule has 1 aromatic carbocycles. The van der Waals surface area contributed by atoms with Gasteiger partial charge in [0.2, 0.25) is 10.0 Å². The lowest BCUT2D eigenvalue weighted by Crippen LogP contribution is -2.66. The minimum atomic E-state index is -3.76. The zero-order chi connectivity index (χ0) is 17.7. The minimum Gasteiger partial charge on any atom is -0.395 e. The Bertz CT molecular complexity index is 585. The highest BCUT2D eigenvalue weighted by Crippen LogP contribution is 2.32. The van der Waals surface area contributed by atoms with Crippen molar-refractivity contribution in [2.75, 3.05) is 26.3 Å². The first kappa shape index (κ1) is 20.1. The normalized spacial score (nSPS) is 13.5. The monoisotopic (exact) mass is 344 g/mol. The van der Waals surface area contributed by atoms with Crippen LogP contribution < -0.4 is 5.32 Å². The van der Waals surface area contributed by atoms with E-state index in [0.29, 0.717) is 6.54 Å². The maximum Gasteiger partial charge on any atom is 0.243 e. The van der Waals surface area contributed by atoms with Crippen molar-refractivity contribution in [2.24, 2.45) is 0 Å². The van der Waals surface area contributed by atoms with E-state index >= 15 is 0 Å². The third-order valence-electron chi connectivity index (χ3n) is 4.47. The Hall–Kier alpha value is -0.990. The molecule has 0 spiro atoms. The molecule has 0 aromatic heterocycles. The summed E-state index contributed by atoms with van der Waals surface area (Å²) in [7, 11) is -3.76. The van der Waals surface area contributed by atoms with Crippen LogP contribution in [0.3, 0.4) is 0 Å². The molecule has 1 rings (SSSR count). The highest BCUT2D eigenvalue weighted by Gasteiger charge is 2.46. The predicted octanol–water partition coefficient (Wildman–Crippen LogP) is 0.809. The van der Waals surface area contributed by atoms with Gasteiger partial charge in [-0.3, -0.25) is 0 Å². The van der Waals surface area contributed by atoms with E-state index in [1.54, 1.807) is 30.3 Å². The summed E-state index contributed by atoms with van der Waals surface area (Å²) in [6.45, 7) is 7.43. The van der Waals surface area contributed by atoms with Crippen molar-refractivity contribution >= 4 is 10.0 Å². The Morgan fingerprint density at radius 1 is 1.04 bits per heavy atom. The lowest BCUT2D eigenvalue weighted by molar-refractivity contribution is 0.0891. The molecule has 6 nitrogen and oxygen atoms in total. The van der Waals surface area contributed by atoms with Crippen LogP contribution in [0.4, 0.5) is 0 Å². The van der Waals surface area contributed by atoms with Gasteiger partial charge in [0, 0.05) is 24.2 Å². The molecule has 3 N–H and O–H groups in total. The van der Waals surface area contributed by atoms with Crippen molar-refractivity contribution in [2.45, 2.75) is 43.7 Å². The van der Waals surface area contributed by atoms with E-state index in [2.05, 4.69) is 5.32 Å². The van der Waals surface area contributed by atoms with E-state index in [1.807, 2.05) is 27.7 Å². The molecule has 0 saturated heterocycles. The van der Waals surface area contributed by atoms with Gasteiger partial charge in [-0.25, -0.2) is 8.42 Å². The molecule has 23 heavy (non-hydrogen) atoms. The fourth-order valence-corrected chi connectivity index (χ4v) is 4.31. The van der Waals surface area contributed by atoms with Crippen molar-refractivity contribution in [3.63, 3.8) is 0 Å². The first-order valence-electron chi connectivity index (χ1n) is 7.66. The molecule has 1 aromatic rings. The number of aliphatic hydroxyl groups is 2. The van der Waals surface area contributed by atoms with E-state index in [0.717, 1.165) is 0 Å². The van der Waals surface area contributed by atoms with Crippen LogP contribution in [-0.2, 0) is 10.0 Å². The second kappa shape index (κ2) is 7.72. The van der Waals surface area contributed by atoms with Crippen molar-refractivity contribution in [1.82, 2.24) is 9.62 Å². The SMILES string of the molecule is CC(C)(NCCO)C(C)(C)N(CCO)S(=O)(=O)c1ccccc1. The van der Waals surface area contributed by atoms with Crippen LogP contribution in [0.5, 0.6) is 0 Å². The van der Waals surface area contributed by atoms with Crippen LogP contribution in [0.15, 0.2) is 35.2 Å². The Morgan fingerprint density at radius 3 is 2.09 bits per heavy atom. The molecule has 0 heterocycles. The number of nitrogens with zero attached hydrogens (tertiary/aromatic N) is 1. The number of rotatable bonds is 9. The fourth-order valence-electron chi connectivity index (χ4n) is 2.41. The quantitative estimate of drug-likeness (QED) is 0.617. The highest BCUT2D eigenvalue weighted by atomic mass is 32.2. The summed E-state index contributed by atoms with van der Waals surface area (Å²) >= 11 is 0. The highest BCUT2D eigenvalue weighted by molar-refractivity contribution is 7.89. The number of β-amino-alcohol motifs (C(OH)–C–C–N with tert-alkyl or cyclic N) is 2. The Kier molecular flexibility index (Phi) is 6.73. The number of hydrogen-bond donors (Lipinski definition) is 3. The number of aliphatic hydroxyl groups excluding tert-OH is 2. The summed E-state index contributed by atoms with van der Waals surface area (Å²) < 4.78 is 27.4. The molecular formula is C16H28N2O4S. The van der Waals surface area contributed by atoms with E-state index in [4.69, 9.17) is 5.11 Å². The molecule has 0 saturated carbocycles. The van der Waals surface area contributed by atoms with Crippen LogP contribution in [0.2, 0.25) is 0 Å². The Balaban J connectivity index is 3.29. The summed E-state index contributed by atoms with van der Waals surface area (Å²) in [5.74, 6) is 0. The third-order valence-corrected chi connectivity index (χ3v) is 6.55. The van der Waals surface area contributed by atoms with Gasteiger partial charge in [0.25, 0.3) is 0 Å². The predicted molar refractivity (Wildman–Crippen MR) is 90.7 cm³/mol. The van der Waals surface area contributed by atoms with E-state index in [9.17, 15) is 13.5 Å². The van der Waals surface area contributed by atoms with Gasteiger partial charge >= 0.3 is 0 Å². The van der Waals surface area contributed by atoms with Gasteiger partial charge in [0.1, 0.15) is 0 Å². The fraction of sp³-hybridized carbons (Fsp3) is 0.625. The van der Waals surface area contributed by atoms with Crippen LogP contribution in [0, 0.1) is 0 Å². The van der Waals surface area contributed by atoms with Crippen molar-refractivity contribution in [1.29, 1.82) is 0 Å². The number of benzene rings is 1. The zero-order valence-electron chi connectivity index (χ0n) is 14.3. The van der Waals surface area contributed by atoms with Crippen LogP contribution in [0.1, 0.15) is 27.7 Å². The van der Waals surface area contributed by atoms with Gasteiger partial charge in [-0.2, -0.15) is 4.31 Å². The largest absolute Gasteiger partial charge is 0.395 e. The molecule has 0 unspecified atom stereocenters. The van der Waals surface area contributed by atoms with Gasteiger partial charge < -0.3 is 15.5 Å². The second-order valence-corrected chi connectivity index (χ2v) is 8.31. The van der Waals surface area contributed by atoms with E-state index < -0.39 is 21.1 Å². The lowest BCUT2D eigenvalue weighted by atomic mass is 9.82. The van der Waals surface area contributed by atoms with E-state index in [1.165, 1.54) is 4.31 Å². The molecule has 0 amide bonds. The summed E-state index contributed by atoms with van der Waals surface area (Å²) in [6, 6.07) is 8.19. The molecule has 132 valence electrons. The molecule has 0 fully saturated rings. The molecule has 0 radical (unpaired) electrons. The molecule has 0 aliphatic rings. The Labute approximate surface area is 139 Å². The van der Waals surface area contributed by atoms with Crippen LogP contribution in [-0.4, -0.2) is 60.3 Å². The Morgan fingerprint density at radius 2 is 1.61 bits per heavy atom. The number of nitrogens with one attached hydrogen (secondary N) is 1. The van der Waals surface area contributed by atoms with Gasteiger partial charge in [0.15, 0.2) is 0 Å². The second-order valence-electron chi connectivity index (χ2n) is 6.45. The first-order valence-corrected chi connectivity index (χ1v) is 9.10. The molecule has 0 aliphatic heterocycles. The summed E-state index contributed by atoms with van der Waals surface area (Å²) in [5, 5.41) is 21.6. The maximum atomic E-state index is 13.0. The van der Waals surface area contributed by atoms with Crippen LogP contribution >= 0.6 is 0 Å². The average Bonchev–Trinajstić information content (AvgIpc) is 2.51. The molecule has 0 aliphatic carbocycles. The van der Waals surface area contributed by atoms with Gasteiger partial charge in [0.05, 0.1) is 18.1 Å². The van der Waals surface area contributed by atoms with Crippen molar-refractivity contribution < 1.29 is 18.6 Å². The van der Waals surface area contributed by atoms with E-state index in [-0.39, 0.29) is 24.7 Å². The van der Waals surface area contributed by atoms with Gasteiger partial charge in [-0.05, 0) is 39.8 Å². The summed E-state index contributed by atoms with van der Waals surface area (Å²) in [6.07, 6.45) is 0. The first-order chi connectivity index (χ1) is 10.6. The van der Waals surface area contributed by atoms with Gasteiger partial charge in [-0.1, -0.05) is 18.2 Å². The molecule has 0 bridgehead atoms.